The molecule has 0 bridgehead atoms. The molecule has 11 heteroatoms. The van der Waals surface area contributed by atoms with Gasteiger partial charge in [0.2, 0.25) is 0 Å². The van der Waals surface area contributed by atoms with E-state index >= 15 is 0 Å². The quantitative estimate of drug-likeness (QED) is 0.343. The molecule has 36 heavy (non-hydrogen) atoms. The molecule has 1 aliphatic carbocycles. The summed E-state index contributed by atoms with van der Waals surface area (Å²) < 4.78 is 16.3. The van der Waals surface area contributed by atoms with Crippen LogP contribution in [-0.4, -0.2) is 65.9 Å². The number of H-pyrrole nitrogens is 1. The zero-order valence-corrected chi connectivity index (χ0v) is 21.2. The number of methoxy groups -OCH3 is 1. The van der Waals surface area contributed by atoms with Crippen molar-refractivity contribution >= 4 is 24.0 Å². The Kier molecular flexibility index (Phi) is 9.54. The number of ether oxygens (including phenoxy) is 3. The zero-order chi connectivity index (χ0) is 26.1. The zero-order valence-electron chi connectivity index (χ0n) is 21.2. The first-order valence-electron chi connectivity index (χ1n) is 12.1. The third-order valence-corrected chi connectivity index (χ3v) is 5.63. The predicted octanol–water partition coefficient (Wildman–Crippen LogP) is 3.74. The summed E-state index contributed by atoms with van der Waals surface area (Å²) in [4.78, 5) is 28.6. The number of nitrogens with one attached hydrogen (secondary N) is 3. The number of benzene rings is 1. The summed E-state index contributed by atoms with van der Waals surface area (Å²) in [6, 6.07) is 4.85. The Bertz CT molecular complexity index is 1070. The molecule has 2 aromatic rings. The number of aliphatic imine (C=N–C) groups is 1. The van der Waals surface area contributed by atoms with E-state index < -0.39 is 12.0 Å². The molecule has 1 saturated carbocycles. The Labute approximate surface area is 210 Å². The number of hydrogen-bond acceptors (Lipinski definition) is 8. The van der Waals surface area contributed by atoms with Crippen molar-refractivity contribution < 1.29 is 28.9 Å². The van der Waals surface area contributed by atoms with Crippen LogP contribution in [0.25, 0.3) is 0 Å². The molecule has 0 spiro atoms. The summed E-state index contributed by atoms with van der Waals surface area (Å²) in [5.41, 5.74) is 1.24. The van der Waals surface area contributed by atoms with Crippen molar-refractivity contribution in [3.05, 3.63) is 29.5 Å². The number of anilines is 1. The van der Waals surface area contributed by atoms with Gasteiger partial charge in [-0.2, -0.15) is 5.10 Å². The number of phenols is 1. The van der Waals surface area contributed by atoms with E-state index in [2.05, 4.69) is 25.8 Å². The number of carbonyl (C=O) groups excluding carboxylic acids is 2. The van der Waals surface area contributed by atoms with Crippen LogP contribution in [0.2, 0.25) is 0 Å². The van der Waals surface area contributed by atoms with Crippen LogP contribution in [0.15, 0.2) is 23.2 Å². The van der Waals surface area contributed by atoms with Gasteiger partial charge in [-0.25, -0.2) is 4.79 Å². The molecule has 2 unspecified atom stereocenters. The van der Waals surface area contributed by atoms with Gasteiger partial charge in [-0.15, -0.1) is 0 Å². The summed E-state index contributed by atoms with van der Waals surface area (Å²) in [5.74, 6) is 0.739. The van der Waals surface area contributed by atoms with E-state index in [1.807, 2.05) is 20.8 Å². The maximum absolute atomic E-state index is 12.5. The van der Waals surface area contributed by atoms with Gasteiger partial charge in [-0.1, -0.05) is 6.92 Å². The van der Waals surface area contributed by atoms with Crippen molar-refractivity contribution in [1.29, 1.82) is 0 Å². The number of hydrogen-bond donors (Lipinski definition) is 4. The normalized spacial score (nSPS) is 17.4. The summed E-state index contributed by atoms with van der Waals surface area (Å²) in [6.45, 7) is 6.06. The van der Waals surface area contributed by atoms with Crippen molar-refractivity contribution in [3.63, 3.8) is 0 Å². The van der Waals surface area contributed by atoms with Crippen LogP contribution < -0.4 is 20.1 Å². The third-order valence-electron chi connectivity index (χ3n) is 5.63. The molecule has 1 aromatic heterocycles. The fourth-order valence-electron chi connectivity index (χ4n) is 3.92. The van der Waals surface area contributed by atoms with Gasteiger partial charge in [0.05, 0.1) is 12.7 Å². The van der Waals surface area contributed by atoms with Crippen molar-refractivity contribution in [2.24, 2.45) is 4.99 Å². The lowest BCUT2D eigenvalue weighted by atomic mass is 10.0. The lowest BCUT2D eigenvalue weighted by Crippen LogP contribution is -2.33. The molecule has 0 radical (unpaired) electrons. The number of aromatic amines is 1. The lowest BCUT2D eigenvalue weighted by molar-refractivity contribution is -0.118. The molecule has 2 atom stereocenters. The number of carbonyl (C=O) groups is 2. The van der Waals surface area contributed by atoms with E-state index in [1.165, 1.54) is 19.4 Å². The van der Waals surface area contributed by atoms with E-state index in [4.69, 9.17) is 14.2 Å². The van der Waals surface area contributed by atoms with Crippen LogP contribution in [0.5, 0.6) is 17.2 Å². The fourth-order valence-corrected chi connectivity index (χ4v) is 3.92. The molecule has 1 fully saturated rings. The first-order chi connectivity index (χ1) is 17.3. The Balaban J connectivity index is 1.55. The smallest absolute Gasteiger partial charge is 0.407 e. The average Bonchev–Trinajstić information content (AvgIpc) is 3.47. The van der Waals surface area contributed by atoms with Gasteiger partial charge in [0.25, 0.3) is 5.91 Å². The maximum atomic E-state index is 12.5. The van der Waals surface area contributed by atoms with Crippen LogP contribution in [0.1, 0.15) is 63.6 Å². The Hall–Kier alpha value is -3.76. The van der Waals surface area contributed by atoms with Crippen molar-refractivity contribution in [3.8, 4) is 17.2 Å². The third kappa shape index (κ3) is 7.62. The first kappa shape index (κ1) is 26.8. The minimum atomic E-state index is -0.412. The van der Waals surface area contributed by atoms with Gasteiger partial charge in [0, 0.05) is 48.6 Å². The van der Waals surface area contributed by atoms with Crippen molar-refractivity contribution in [1.82, 2.24) is 15.5 Å². The average molecular weight is 502 g/mol. The van der Waals surface area contributed by atoms with Crippen molar-refractivity contribution in [2.75, 3.05) is 25.6 Å². The minimum Gasteiger partial charge on any atom is -0.507 e. The highest BCUT2D eigenvalue weighted by atomic mass is 16.6. The number of aromatic nitrogens is 2. The first-order valence-corrected chi connectivity index (χ1v) is 12.1. The van der Waals surface area contributed by atoms with Crippen LogP contribution >= 0.6 is 0 Å². The van der Waals surface area contributed by atoms with E-state index in [0.29, 0.717) is 30.1 Å². The SMILES string of the molecule is CCCN=Cc1c(O)cc(OC)cc1OCC(=O)Nc1cc(C2CCC(OC(=O)NC(C)C)C2)[nH]n1. The molecule has 196 valence electrons. The molecular weight excluding hydrogens is 466 g/mol. The maximum Gasteiger partial charge on any atom is 0.407 e. The summed E-state index contributed by atoms with van der Waals surface area (Å²) in [6.07, 6.45) is 4.12. The minimum absolute atomic E-state index is 0.0212. The van der Waals surface area contributed by atoms with Crippen LogP contribution in [0.3, 0.4) is 0 Å². The van der Waals surface area contributed by atoms with Gasteiger partial charge in [0.1, 0.15) is 23.4 Å². The van der Waals surface area contributed by atoms with Crippen LogP contribution in [0.4, 0.5) is 10.6 Å². The highest BCUT2D eigenvalue weighted by molar-refractivity contribution is 5.92. The molecule has 0 aliphatic heterocycles. The molecule has 3 rings (SSSR count). The lowest BCUT2D eigenvalue weighted by Gasteiger charge is -2.14. The summed E-state index contributed by atoms with van der Waals surface area (Å²) in [5, 5.41) is 22.9. The Morgan fingerprint density at radius 2 is 2.11 bits per heavy atom. The second-order valence-corrected chi connectivity index (χ2v) is 8.98. The standard InChI is InChI=1S/C25H35N5O6/c1-5-8-26-13-19-21(31)10-18(34-4)11-22(19)35-14-24(32)28-23-12-20(29-30-23)16-6-7-17(9-16)36-25(33)27-15(2)3/h10-13,15-17,31H,5-9,14H2,1-4H3,(H,27,33)(H2,28,29,30,32). The van der Waals surface area contributed by atoms with E-state index in [0.717, 1.165) is 25.0 Å². The van der Waals surface area contributed by atoms with Gasteiger partial charge >= 0.3 is 6.09 Å². The number of phenolic OH excluding ortho intramolecular Hbond substituents is 1. The molecule has 1 aromatic carbocycles. The number of alkyl carbamates (subject to hydrolysis) is 1. The predicted molar refractivity (Wildman–Crippen MR) is 135 cm³/mol. The highest BCUT2D eigenvalue weighted by Gasteiger charge is 2.30. The largest absolute Gasteiger partial charge is 0.507 e. The number of nitrogens with zero attached hydrogens (tertiary/aromatic N) is 2. The van der Waals surface area contributed by atoms with E-state index in [9.17, 15) is 14.7 Å². The van der Waals surface area contributed by atoms with Gasteiger partial charge < -0.3 is 30.0 Å². The van der Waals surface area contributed by atoms with Gasteiger partial charge in [-0.05, 0) is 39.5 Å². The number of amides is 2. The fraction of sp³-hybridized carbons (Fsp3) is 0.520. The van der Waals surface area contributed by atoms with Crippen LogP contribution in [-0.2, 0) is 9.53 Å². The summed E-state index contributed by atoms with van der Waals surface area (Å²) in [7, 11) is 1.48. The molecule has 1 aliphatic rings. The molecule has 1 heterocycles. The van der Waals surface area contributed by atoms with Gasteiger partial charge in [-0.3, -0.25) is 14.9 Å². The van der Waals surface area contributed by atoms with Crippen molar-refractivity contribution in [2.45, 2.75) is 64.5 Å². The Morgan fingerprint density at radius 3 is 2.83 bits per heavy atom. The molecular formula is C25H35N5O6. The van der Waals surface area contributed by atoms with E-state index in [1.54, 1.807) is 12.1 Å². The van der Waals surface area contributed by atoms with Crippen LogP contribution in [0, 0.1) is 0 Å². The number of aromatic hydroxyl groups is 1. The topological polar surface area (TPSA) is 147 Å². The monoisotopic (exact) mass is 501 g/mol. The Morgan fingerprint density at radius 1 is 1.31 bits per heavy atom. The molecule has 11 nitrogen and oxygen atoms in total. The van der Waals surface area contributed by atoms with Gasteiger partial charge in [0.15, 0.2) is 12.4 Å². The van der Waals surface area contributed by atoms with E-state index in [-0.39, 0.29) is 36.2 Å². The second kappa shape index (κ2) is 12.8. The molecule has 2 amide bonds. The second-order valence-electron chi connectivity index (χ2n) is 8.98. The highest BCUT2D eigenvalue weighted by Crippen LogP contribution is 2.36. The number of rotatable bonds is 11. The molecule has 4 N–H and O–H groups in total. The summed E-state index contributed by atoms with van der Waals surface area (Å²) >= 11 is 0. The molecule has 0 saturated heterocycles.